The highest BCUT2D eigenvalue weighted by Gasteiger charge is 2.47. The molecule has 2 aliphatic carbocycles. The number of rotatable bonds is 12. The van der Waals surface area contributed by atoms with Gasteiger partial charge in [0.05, 0.1) is 17.9 Å². The van der Waals surface area contributed by atoms with E-state index in [0.29, 0.717) is 62.5 Å². The van der Waals surface area contributed by atoms with Gasteiger partial charge in [0.2, 0.25) is 15.9 Å². The van der Waals surface area contributed by atoms with Crippen LogP contribution in [-0.2, 0) is 20.4 Å². The first-order valence-corrected chi connectivity index (χ1v) is 12.4. The summed E-state index contributed by atoms with van der Waals surface area (Å²) in [6.45, 7) is 1.04. The van der Waals surface area contributed by atoms with Crippen molar-refractivity contribution >= 4 is 22.0 Å². The molecule has 1 aromatic rings. The smallest absolute Gasteiger partial charge is 0.324 e. The molecule has 3 fully saturated rings. The highest BCUT2D eigenvalue weighted by molar-refractivity contribution is 7.89. The first-order chi connectivity index (χ1) is 14.7. The number of halogens is 1. The van der Waals surface area contributed by atoms with E-state index in [1.807, 2.05) is 0 Å². The summed E-state index contributed by atoms with van der Waals surface area (Å²) >= 11 is 0. The number of benzene rings is 1. The molecule has 0 bridgehead atoms. The van der Waals surface area contributed by atoms with E-state index in [9.17, 15) is 22.4 Å². The van der Waals surface area contributed by atoms with Crippen molar-refractivity contribution in [3.63, 3.8) is 0 Å². The Morgan fingerprint density at radius 3 is 2.58 bits per heavy atom. The molecule has 2 N–H and O–H groups in total. The van der Waals surface area contributed by atoms with Crippen molar-refractivity contribution in [1.29, 1.82) is 0 Å². The lowest BCUT2D eigenvalue weighted by Crippen LogP contribution is -2.36. The largest absolute Gasteiger partial charge is 0.493 e. The molecule has 1 saturated heterocycles. The Balaban J connectivity index is 1.26. The van der Waals surface area contributed by atoms with Gasteiger partial charge in [0, 0.05) is 12.6 Å². The Hall–Kier alpha value is -2.20. The number of amides is 3. The Labute approximate surface area is 181 Å². The maximum atomic E-state index is 14.1. The van der Waals surface area contributed by atoms with Gasteiger partial charge in [-0.05, 0) is 62.1 Å². The van der Waals surface area contributed by atoms with E-state index in [0.717, 1.165) is 12.8 Å². The zero-order chi connectivity index (χ0) is 22.1. The summed E-state index contributed by atoms with van der Waals surface area (Å²) in [7, 11) is -3.55. The quantitative estimate of drug-likeness (QED) is 0.373. The summed E-state index contributed by atoms with van der Waals surface area (Å²) in [6, 6.07) is 4.06. The third-order valence-corrected chi connectivity index (χ3v) is 7.44. The number of carbonyl (C=O) groups is 2. The van der Waals surface area contributed by atoms with E-state index in [1.165, 1.54) is 17.0 Å². The topological polar surface area (TPSA) is 105 Å². The summed E-state index contributed by atoms with van der Waals surface area (Å²) in [4.78, 5) is 24.1. The monoisotopic (exact) mass is 453 g/mol. The molecule has 170 valence electrons. The minimum atomic E-state index is -3.55. The van der Waals surface area contributed by atoms with Gasteiger partial charge in [-0.1, -0.05) is 6.42 Å². The molecule has 1 aromatic carbocycles. The van der Waals surface area contributed by atoms with Crippen LogP contribution < -0.4 is 14.8 Å². The second-order valence-electron chi connectivity index (χ2n) is 8.77. The van der Waals surface area contributed by atoms with Gasteiger partial charge < -0.3 is 9.64 Å². The van der Waals surface area contributed by atoms with Gasteiger partial charge in [-0.15, -0.1) is 0 Å². The minimum Gasteiger partial charge on any atom is -0.493 e. The van der Waals surface area contributed by atoms with E-state index < -0.39 is 27.4 Å². The number of unbranched alkanes of at least 4 members (excludes halogenated alkanes) is 2. The fourth-order valence-corrected chi connectivity index (χ4v) is 5.38. The summed E-state index contributed by atoms with van der Waals surface area (Å²) < 4.78 is 47.8. The van der Waals surface area contributed by atoms with Crippen LogP contribution in [0.15, 0.2) is 18.2 Å². The lowest BCUT2D eigenvalue weighted by Gasteiger charge is -2.19. The van der Waals surface area contributed by atoms with Crippen LogP contribution in [-0.4, -0.2) is 50.7 Å². The lowest BCUT2D eigenvalue weighted by molar-refractivity contribution is -0.118. The van der Waals surface area contributed by atoms with E-state index in [1.54, 1.807) is 6.07 Å². The van der Waals surface area contributed by atoms with Crippen LogP contribution in [0.1, 0.15) is 50.5 Å². The fraction of sp³-hybridized carbons (Fsp3) is 0.619. The molecule has 3 amide bonds. The van der Waals surface area contributed by atoms with Crippen LogP contribution in [0.5, 0.6) is 5.75 Å². The minimum absolute atomic E-state index is 0.0414. The van der Waals surface area contributed by atoms with Gasteiger partial charge in [0.25, 0.3) is 0 Å². The number of hydrogen-bond donors (Lipinski definition) is 2. The summed E-state index contributed by atoms with van der Waals surface area (Å²) in [5, 5.41) is 2.21. The van der Waals surface area contributed by atoms with E-state index in [2.05, 4.69) is 10.0 Å². The Bertz CT molecular complexity index is 960. The van der Waals surface area contributed by atoms with Crippen LogP contribution >= 0.6 is 0 Å². The molecule has 10 heteroatoms. The van der Waals surface area contributed by atoms with Crippen LogP contribution in [0.25, 0.3) is 0 Å². The van der Waals surface area contributed by atoms with Crippen molar-refractivity contribution in [3.05, 3.63) is 29.6 Å². The molecular weight excluding hydrogens is 425 g/mol. The first kappa shape index (κ1) is 22.0. The molecule has 0 unspecified atom stereocenters. The number of nitrogens with zero attached hydrogens (tertiary/aromatic N) is 1. The third-order valence-electron chi connectivity index (χ3n) is 5.92. The van der Waals surface area contributed by atoms with Crippen molar-refractivity contribution in [1.82, 2.24) is 14.9 Å². The van der Waals surface area contributed by atoms with Crippen LogP contribution in [0.4, 0.5) is 9.18 Å². The predicted molar refractivity (Wildman–Crippen MR) is 111 cm³/mol. The predicted octanol–water partition coefficient (Wildman–Crippen LogP) is 2.25. The Morgan fingerprint density at radius 1 is 1.16 bits per heavy atom. The van der Waals surface area contributed by atoms with Crippen molar-refractivity contribution in [3.8, 4) is 5.75 Å². The number of imide groups is 1. The second-order valence-corrected chi connectivity index (χ2v) is 10.6. The highest BCUT2D eigenvalue weighted by atomic mass is 32.2. The van der Waals surface area contributed by atoms with Crippen molar-refractivity contribution in [2.45, 2.75) is 50.5 Å². The molecule has 0 radical (unpaired) electrons. The zero-order valence-electron chi connectivity index (χ0n) is 17.4. The van der Waals surface area contributed by atoms with E-state index in [-0.39, 0.29) is 18.2 Å². The Kier molecular flexibility index (Phi) is 6.20. The number of urea groups is 1. The number of carbonyl (C=O) groups excluding carboxylic acids is 2. The lowest BCUT2D eigenvalue weighted by atomic mass is 10.1. The van der Waals surface area contributed by atoms with Gasteiger partial charge in [-0.3, -0.25) is 10.1 Å². The molecular formula is C21H28FN3O5S. The number of sulfonamides is 1. The van der Waals surface area contributed by atoms with Crippen LogP contribution in [0.3, 0.4) is 0 Å². The second kappa shape index (κ2) is 8.74. The van der Waals surface area contributed by atoms with Crippen molar-refractivity contribution in [2.75, 3.05) is 25.4 Å². The summed E-state index contributed by atoms with van der Waals surface area (Å²) in [5.74, 6) is 0.195. The normalized spacial score (nSPS) is 20.1. The molecule has 8 nitrogen and oxygen atoms in total. The third kappa shape index (κ3) is 5.94. The molecule has 31 heavy (non-hydrogen) atoms. The molecule has 3 aliphatic rings. The zero-order valence-corrected chi connectivity index (χ0v) is 18.2. The number of nitrogens with one attached hydrogen (secondary N) is 2. The van der Waals surface area contributed by atoms with E-state index in [4.69, 9.17) is 4.74 Å². The van der Waals surface area contributed by atoms with Gasteiger partial charge in [-0.25, -0.2) is 22.3 Å². The first-order valence-electron chi connectivity index (χ1n) is 10.8. The van der Waals surface area contributed by atoms with Crippen LogP contribution in [0, 0.1) is 11.7 Å². The molecule has 1 heterocycles. The van der Waals surface area contributed by atoms with Crippen molar-refractivity contribution < 1.29 is 27.1 Å². The SMILES string of the molecule is O=C1CN(CCCCCS(=O)(=O)NC2(c3cc(F)cc(OCC4CC4)c3)CC2)C(=O)N1. The molecule has 4 rings (SSSR count). The summed E-state index contributed by atoms with van der Waals surface area (Å²) in [5.41, 5.74) is -0.154. The molecule has 0 aromatic heterocycles. The van der Waals surface area contributed by atoms with Gasteiger partial charge in [-0.2, -0.15) is 0 Å². The van der Waals surface area contributed by atoms with E-state index >= 15 is 0 Å². The molecule has 2 saturated carbocycles. The van der Waals surface area contributed by atoms with Crippen LogP contribution in [0.2, 0.25) is 0 Å². The molecule has 0 spiro atoms. The standard InChI is InChI=1S/C21H28FN3O5S/c22-17-10-16(11-18(12-17)30-14-15-4-5-15)21(6-7-21)24-31(28,29)9-3-1-2-8-25-13-19(26)23-20(25)27/h10-12,15,24H,1-9,13-14H2,(H,23,26,27). The maximum Gasteiger partial charge on any atom is 0.324 e. The summed E-state index contributed by atoms with van der Waals surface area (Å²) in [6.07, 6.45) is 5.18. The number of hydrogen-bond acceptors (Lipinski definition) is 5. The molecule has 1 aliphatic heterocycles. The number of ether oxygens (including phenoxy) is 1. The van der Waals surface area contributed by atoms with Gasteiger partial charge in [0.15, 0.2) is 0 Å². The maximum absolute atomic E-state index is 14.1. The molecule has 0 atom stereocenters. The van der Waals surface area contributed by atoms with Gasteiger partial charge in [0.1, 0.15) is 18.1 Å². The van der Waals surface area contributed by atoms with Gasteiger partial charge >= 0.3 is 6.03 Å². The highest BCUT2D eigenvalue weighted by Crippen LogP contribution is 2.47. The fourth-order valence-electron chi connectivity index (χ4n) is 3.78. The Morgan fingerprint density at radius 2 is 1.94 bits per heavy atom. The van der Waals surface area contributed by atoms with Crippen molar-refractivity contribution in [2.24, 2.45) is 5.92 Å². The average Bonchev–Trinajstić information content (AvgIpc) is 3.60. The average molecular weight is 454 g/mol.